The number of nitrogens with one attached hydrogen (secondary N) is 2. The molecule has 0 heterocycles. The van der Waals surface area contributed by atoms with Crippen molar-refractivity contribution in [3.8, 4) is 5.75 Å². The van der Waals surface area contributed by atoms with E-state index in [2.05, 4.69) is 10.6 Å². The highest BCUT2D eigenvalue weighted by Gasteiger charge is 2.09. The molecule has 2 N–H and O–H groups in total. The maximum absolute atomic E-state index is 12.3. The molecule has 0 aliphatic heterocycles. The molecule has 0 saturated carbocycles. The second kappa shape index (κ2) is 11.0. The van der Waals surface area contributed by atoms with Crippen molar-refractivity contribution in [1.82, 2.24) is 0 Å². The molecule has 31 heavy (non-hydrogen) atoms. The van der Waals surface area contributed by atoms with E-state index in [9.17, 15) is 9.59 Å². The van der Waals surface area contributed by atoms with Gasteiger partial charge < -0.3 is 15.4 Å². The zero-order chi connectivity index (χ0) is 22.1. The molecule has 158 valence electrons. The van der Waals surface area contributed by atoms with Crippen LogP contribution in [0, 0.1) is 0 Å². The van der Waals surface area contributed by atoms with Crippen molar-refractivity contribution in [3.05, 3.63) is 95.0 Å². The van der Waals surface area contributed by atoms with Crippen LogP contribution in [0.5, 0.6) is 5.75 Å². The van der Waals surface area contributed by atoms with Gasteiger partial charge >= 0.3 is 0 Å². The van der Waals surface area contributed by atoms with Crippen LogP contribution in [0.4, 0.5) is 11.4 Å². The molecule has 3 aromatic rings. The average Bonchev–Trinajstić information content (AvgIpc) is 2.79. The maximum Gasteiger partial charge on any atom is 0.255 e. The topological polar surface area (TPSA) is 67.4 Å². The average molecular weight is 435 g/mol. The highest BCUT2D eigenvalue weighted by atomic mass is 35.5. The first kappa shape index (κ1) is 22.1. The number of ether oxygens (including phenoxy) is 1. The third kappa shape index (κ3) is 6.46. The second-order valence-corrected chi connectivity index (χ2v) is 7.13. The molecule has 0 saturated heterocycles. The van der Waals surface area contributed by atoms with Crippen molar-refractivity contribution in [2.75, 3.05) is 17.2 Å². The van der Waals surface area contributed by atoms with Crippen molar-refractivity contribution < 1.29 is 14.3 Å². The number of para-hydroxylation sites is 1. The molecule has 5 nitrogen and oxygen atoms in total. The predicted octanol–water partition coefficient (Wildman–Crippen LogP) is 6.03. The van der Waals surface area contributed by atoms with E-state index >= 15 is 0 Å². The minimum Gasteiger partial charge on any atom is -0.493 e. The van der Waals surface area contributed by atoms with Gasteiger partial charge in [-0.3, -0.25) is 9.59 Å². The van der Waals surface area contributed by atoms with Gasteiger partial charge in [0.2, 0.25) is 5.91 Å². The molecule has 0 aliphatic rings. The Balaban J connectivity index is 1.63. The maximum atomic E-state index is 12.3. The highest BCUT2D eigenvalue weighted by Crippen LogP contribution is 2.26. The number of carbonyl (C=O) groups excluding carboxylic acids is 2. The smallest absolute Gasteiger partial charge is 0.255 e. The lowest BCUT2D eigenvalue weighted by Gasteiger charge is -2.10. The fourth-order valence-corrected chi connectivity index (χ4v) is 3.02. The van der Waals surface area contributed by atoms with Gasteiger partial charge in [0.05, 0.1) is 17.3 Å². The van der Waals surface area contributed by atoms with Crippen molar-refractivity contribution in [1.29, 1.82) is 0 Å². The summed E-state index contributed by atoms with van der Waals surface area (Å²) in [5, 5.41) is 5.85. The zero-order valence-corrected chi connectivity index (χ0v) is 17.9. The Morgan fingerprint density at radius 3 is 2.45 bits per heavy atom. The van der Waals surface area contributed by atoms with Crippen molar-refractivity contribution in [2.24, 2.45) is 0 Å². The van der Waals surface area contributed by atoms with Crippen molar-refractivity contribution in [2.45, 2.75) is 13.3 Å². The van der Waals surface area contributed by atoms with Crippen molar-refractivity contribution >= 4 is 40.9 Å². The van der Waals surface area contributed by atoms with E-state index in [0.29, 0.717) is 28.6 Å². The Morgan fingerprint density at radius 1 is 0.968 bits per heavy atom. The number of benzene rings is 3. The summed E-state index contributed by atoms with van der Waals surface area (Å²) in [6.45, 7) is 2.65. The van der Waals surface area contributed by atoms with E-state index in [-0.39, 0.29) is 11.8 Å². The largest absolute Gasteiger partial charge is 0.493 e. The van der Waals surface area contributed by atoms with Crippen LogP contribution in [0.1, 0.15) is 29.3 Å². The Labute approximate surface area is 186 Å². The van der Waals surface area contributed by atoms with Crippen LogP contribution in [0.2, 0.25) is 5.02 Å². The normalized spacial score (nSPS) is 10.6. The number of hydrogen-bond donors (Lipinski definition) is 2. The minimum atomic E-state index is -0.303. The zero-order valence-electron chi connectivity index (χ0n) is 17.1. The highest BCUT2D eigenvalue weighted by molar-refractivity contribution is 6.34. The Hall–Kier alpha value is -3.57. The molecule has 0 aromatic heterocycles. The molecule has 0 fully saturated rings. The summed E-state index contributed by atoms with van der Waals surface area (Å²) in [5.41, 5.74) is 2.34. The molecule has 3 rings (SSSR count). The molecule has 0 aliphatic carbocycles. The predicted molar refractivity (Wildman–Crippen MR) is 126 cm³/mol. The van der Waals surface area contributed by atoms with E-state index in [0.717, 1.165) is 17.7 Å². The van der Waals surface area contributed by atoms with Crippen LogP contribution >= 0.6 is 11.6 Å². The summed E-state index contributed by atoms with van der Waals surface area (Å²) in [4.78, 5) is 24.6. The van der Waals surface area contributed by atoms with E-state index in [4.69, 9.17) is 16.3 Å². The molecule has 0 radical (unpaired) electrons. The molecule has 0 atom stereocenters. The Morgan fingerprint density at radius 2 is 1.71 bits per heavy atom. The third-order valence-electron chi connectivity index (χ3n) is 4.32. The third-order valence-corrected chi connectivity index (χ3v) is 4.63. The number of amides is 2. The van der Waals surface area contributed by atoms with E-state index in [1.807, 2.05) is 37.3 Å². The molecule has 0 bridgehead atoms. The van der Waals surface area contributed by atoms with Gasteiger partial charge in [-0.05, 0) is 48.9 Å². The van der Waals surface area contributed by atoms with E-state index in [1.54, 1.807) is 48.5 Å². The second-order valence-electron chi connectivity index (χ2n) is 6.72. The van der Waals surface area contributed by atoms with Crippen LogP contribution in [0.25, 0.3) is 6.08 Å². The SMILES string of the molecule is CCCOc1ccccc1/C=C/C(=O)Nc1ccc(NC(=O)c2ccccc2)c(Cl)c1. The summed E-state index contributed by atoms with van der Waals surface area (Å²) in [7, 11) is 0. The van der Waals surface area contributed by atoms with Gasteiger partial charge in [0.1, 0.15) is 5.75 Å². The van der Waals surface area contributed by atoms with Gasteiger partial charge in [0.15, 0.2) is 0 Å². The fourth-order valence-electron chi connectivity index (χ4n) is 2.79. The van der Waals surface area contributed by atoms with Gasteiger partial charge in [0, 0.05) is 22.9 Å². The fraction of sp³-hybridized carbons (Fsp3) is 0.120. The summed E-state index contributed by atoms with van der Waals surface area (Å²) in [6, 6.07) is 21.3. The summed E-state index contributed by atoms with van der Waals surface area (Å²) in [5.74, 6) is 0.170. The summed E-state index contributed by atoms with van der Waals surface area (Å²) < 4.78 is 5.69. The summed E-state index contributed by atoms with van der Waals surface area (Å²) >= 11 is 6.29. The lowest BCUT2D eigenvalue weighted by molar-refractivity contribution is -0.111. The number of anilines is 2. The number of rotatable bonds is 8. The lowest BCUT2D eigenvalue weighted by Crippen LogP contribution is -2.12. The van der Waals surface area contributed by atoms with Crippen molar-refractivity contribution in [3.63, 3.8) is 0 Å². The first-order valence-corrected chi connectivity index (χ1v) is 10.3. The van der Waals surface area contributed by atoms with Crippen LogP contribution in [0.3, 0.4) is 0 Å². The van der Waals surface area contributed by atoms with E-state index in [1.165, 1.54) is 6.08 Å². The van der Waals surface area contributed by atoms with Crippen LogP contribution in [-0.4, -0.2) is 18.4 Å². The molecule has 0 unspecified atom stereocenters. The Kier molecular flexibility index (Phi) is 7.85. The molecular formula is C25H23ClN2O3. The first-order chi connectivity index (χ1) is 15.1. The molecular weight excluding hydrogens is 412 g/mol. The van der Waals surface area contributed by atoms with E-state index < -0.39 is 0 Å². The van der Waals surface area contributed by atoms with Gasteiger partial charge in [-0.25, -0.2) is 0 Å². The monoisotopic (exact) mass is 434 g/mol. The summed E-state index contributed by atoms with van der Waals surface area (Å²) in [6.07, 6.45) is 4.05. The lowest BCUT2D eigenvalue weighted by atomic mass is 10.2. The molecule has 2 amide bonds. The van der Waals surface area contributed by atoms with Gasteiger partial charge in [-0.15, -0.1) is 0 Å². The van der Waals surface area contributed by atoms with Gasteiger partial charge in [0.25, 0.3) is 5.91 Å². The van der Waals surface area contributed by atoms with Crippen LogP contribution < -0.4 is 15.4 Å². The van der Waals surface area contributed by atoms with Gasteiger partial charge in [-0.1, -0.05) is 54.9 Å². The van der Waals surface area contributed by atoms with Crippen LogP contribution in [-0.2, 0) is 4.79 Å². The standard InChI is InChI=1S/C25H23ClN2O3/c1-2-16-31-23-11-7-6-8-18(23)12-15-24(29)27-20-13-14-22(21(26)17-20)28-25(30)19-9-4-3-5-10-19/h3-15,17H,2,16H2,1H3,(H,27,29)(H,28,30)/b15-12+. The quantitative estimate of drug-likeness (QED) is 0.425. The molecule has 3 aromatic carbocycles. The van der Waals surface area contributed by atoms with Gasteiger partial charge in [-0.2, -0.15) is 0 Å². The number of carbonyl (C=O) groups is 2. The Bertz CT molecular complexity index is 1080. The minimum absolute atomic E-state index is 0.258. The number of hydrogen-bond acceptors (Lipinski definition) is 3. The first-order valence-electron chi connectivity index (χ1n) is 9.93. The molecule has 0 spiro atoms. The number of halogens is 1. The molecule has 6 heteroatoms. The van der Waals surface area contributed by atoms with Crippen LogP contribution in [0.15, 0.2) is 78.9 Å².